The highest BCUT2D eigenvalue weighted by atomic mass is 16.3. The number of anilines is 1. The molecule has 1 aliphatic rings. The Labute approximate surface area is 190 Å². The maximum atomic E-state index is 9.33. The lowest BCUT2D eigenvalue weighted by molar-refractivity contribution is 0.203. The SMILES string of the molecule is CCNC(=NCc1ccc(N2CCC(CO)CC2)cc1)NCc1ccnc2ccccc12. The average Bonchev–Trinajstić information content (AvgIpc) is 2.86. The number of hydrogen-bond donors (Lipinski definition) is 3. The molecule has 1 saturated heterocycles. The van der Waals surface area contributed by atoms with Crippen LogP contribution in [0.4, 0.5) is 5.69 Å². The van der Waals surface area contributed by atoms with E-state index in [9.17, 15) is 5.11 Å². The highest BCUT2D eigenvalue weighted by Gasteiger charge is 2.18. The summed E-state index contributed by atoms with van der Waals surface area (Å²) < 4.78 is 0. The molecule has 1 aromatic heterocycles. The molecule has 6 nitrogen and oxygen atoms in total. The molecule has 168 valence electrons. The zero-order chi connectivity index (χ0) is 22.2. The Morgan fingerprint density at radius 3 is 2.59 bits per heavy atom. The predicted octanol–water partition coefficient (Wildman–Crippen LogP) is 3.70. The van der Waals surface area contributed by atoms with Crippen LogP contribution in [0.5, 0.6) is 0 Å². The molecule has 0 unspecified atom stereocenters. The molecule has 1 fully saturated rings. The maximum Gasteiger partial charge on any atom is 0.191 e. The van der Waals surface area contributed by atoms with Crippen molar-refractivity contribution in [2.24, 2.45) is 10.9 Å². The Hall–Kier alpha value is -3.12. The van der Waals surface area contributed by atoms with Gasteiger partial charge in [-0.25, -0.2) is 4.99 Å². The lowest BCUT2D eigenvalue weighted by Gasteiger charge is -2.32. The minimum atomic E-state index is 0.310. The first-order chi connectivity index (χ1) is 15.8. The first kappa shape index (κ1) is 22.1. The third kappa shape index (κ3) is 5.56. The molecule has 6 heteroatoms. The number of aliphatic hydroxyl groups excluding tert-OH is 1. The molecule has 0 amide bonds. The second-order valence-electron chi connectivity index (χ2n) is 8.32. The van der Waals surface area contributed by atoms with Crippen LogP contribution in [-0.4, -0.2) is 42.3 Å². The third-order valence-corrected chi connectivity index (χ3v) is 6.12. The van der Waals surface area contributed by atoms with E-state index in [1.54, 1.807) is 0 Å². The van der Waals surface area contributed by atoms with Gasteiger partial charge in [-0.1, -0.05) is 30.3 Å². The van der Waals surface area contributed by atoms with Gasteiger partial charge in [-0.15, -0.1) is 0 Å². The number of nitrogens with one attached hydrogen (secondary N) is 2. The van der Waals surface area contributed by atoms with Crippen LogP contribution in [0.15, 0.2) is 65.8 Å². The first-order valence-corrected chi connectivity index (χ1v) is 11.6. The second kappa shape index (κ2) is 11.0. The van der Waals surface area contributed by atoms with Crippen LogP contribution >= 0.6 is 0 Å². The average molecular weight is 432 g/mol. The molecule has 0 atom stereocenters. The molecule has 0 saturated carbocycles. The Bertz CT molecular complexity index is 1020. The van der Waals surface area contributed by atoms with Gasteiger partial charge in [0.15, 0.2) is 5.96 Å². The number of aliphatic hydroxyl groups is 1. The minimum Gasteiger partial charge on any atom is -0.396 e. The van der Waals surface area contributed by atoms with E-state index in [1.165, 1.54) is 16.8 Å². The van der Waals surface area contributed by atoms with Crippen LogP contribution in [0.2, 0.25) is 0 Å². The number of aliphatic imine (C=N–C) groups is 1. The Morgan fingerprint density at radius 1 is 1.06 bits per heavy atom. The van der Waals surface area contributed by atoms with Gasteiger partial charge in [-0.05, 0) is 61.1 Å². The predicted molar refractivity (Wildman–Crippen MR) is 132 cm³/mol. The van der Waals surface area contributed by atoms with Crippen molar-refractivity contribution in [3.63, 3.8) is 0 Å². The van der Waals surface area contributed by atoms with Crippen LogP contribution in [0.1, 0.15) is 30.9 Å². The van der Waals surface area contributed by atoms with Gasteiger partial charge in [-0.2, -0.15) is 0 Å². The largest absolute Gasteiger partial charge is 0.396 e. The molecule has 2 heterocycles. The third-order valence-electron chi connectivity index (χ3n) is 6.12. The van der Waals surface area contributed by atoms with E-state index in [0.29, 0.717) is 25.6 Å². The smallest absolute Gasteiger partial charge is 0.191 e. The van der Waals surface area contributed by atoms with Crippen molar-refractivity contribution in [2.45, 2.75) is 32.9 Å². The standard InChI is InChI=1S/C26H33N5O/c1-2-27-26(30-18-22-11-14-28-25-6-4-3-5-24(22)25)29-17-20-7-9-23(10-8-20)31-15-12-21(19-32)13-16-31/h3-11,14,21,32H,2,12-13,15-19H2,1H3,(H2,27,29,30). The summed E-state index contributed by atoms with van der Waals surface area (Å²) in [5.74, 6) is 1.27. The topological polar surface area (TPSA) is 72.8 Å². The van der Waals surface area contributed by atoms with Crippen LogP contribution in [0.25, 0.3) is 10.9 Å². The number of rotatable bonds is 7. The number of nitrogens with zero attached hydrogens (tertiary/aromatic N) is 3. The van der Waals surface area contributed by atoms with Crippen molar-refractivity contribution in [1.82, 2.24) is 15.6 Å². The summed E-state index contributed by atoms with van der Waals surface area (Å²) in [6.07, 6.45) is 3.98. The zero-order valence-electron chi connectivity index (χ0n) is 18.8. The summed E-state index contributed by atoms with van der Waals surface area (Å²) in [6.45, 7) is 6.54. The normalized spacial score (nSPS) is 15.2. The summed E-state index contributed by atoms with van der Waals surface area (Å²) in [6, 6.07) is 19.0. The van der Waals surface area contributed by atoms with Crippen molar-refractivity contribution in [1.29, 1.82) is 0 Å². The fourth-order valence-electron chi connectivity index (χ4n) is 4.19. The first-order valence-electron chi connectivity index (χ1n) is 11.6. The van der Waals surface area contributed by atoms with Gasteiger partial charge >= 0.3 is 0 Å². The summed E-state index contributed by atoms with van der Waals surface area (Å²) in [4.78, 5) is 11.6. The maximum absolute atomic E-state index is 9.33. The second-order valence-corrected chi connectivity index (χ2v) is 8.32. The number of guanidine groups is 1. The Morgan fingerprint density at radius 2 is 1.84 bits per heavy atom. The van der Waals surface area contributed by atoms with Crippen LogP contribution in [0.3, 0.4) is 0 Å². The van der Waals surface area contributed by atoms with Crippen LogP contribution in [0, 0.1) is 5.92 Å². The lowest BCUT2D eigenvalue weighted by atomic mass is 9.97. The van der Waals surface area contributed by atoms with Gasteiger partial charge in [0.05, 0.1) is 12.1 Å². The van der Waals surface area contributed by atoms with Crippen molar-refractivity contribution in [3.8, 4) is 0 Å². The number of pyridine rings is 1. The van der Waals surface area contributed by atoms with Crippen molar-refractivity contribution in [3.05, 3.63) is 71.9 Å². The summed E-state index contributed by atoms with van der Waals surface area (Å²) >= 11 is 0. The van der Waals surface area contributed by atoms with Gasteiger partial charge < -0.3 is 20.6 Å². The monoisotopic (exact) mass is 431 g/mol. The van der Waals surface area contributed by atoms with Gasteiger partial charge in [-0.3, -0.25) is 4.98 Å². The lowest BCUT2D eigenvalue weighted by Crippen LogP contribution is -2.36. The molecule has 0 radical (unpaired) electrons. The fourth-order valence-corrected chi connectivity index (χ4v) is 4.19. The molecule has 1 aliphatic heterocycles. The van der Waals surface area contributed by atoms with Crippen LogP contribution in [-0.2, 0) is 13.1 Å². The van der Waals surface area contributed by atoms with Crippen LogP contribution < -0.4 is 15.5 Å². The van der Waals surface area contributed by atoms with E-state index in [-0.39, 0.29) is 0 Å². The molecule has 3 N–H and O–H groups in total. The highest BCUT2D eigenvalue weighted by Crippen LogP contribution is 2.23. The van der Waals surface area contributed by atoms with Gasteiger partial charge in [0.1, 0.15) is 0 Å². The fraction of sp³-hybridized carbons (Fsp3) is 0.385. The molecule has 2 aromatic carbocycles. The van der Waals surface area contributed by atoms with E-state index in [1.807, 2.05) is 24.4 Å². The molecule has 0 aliphatic carbocycles. The summed E-state index contributed by atoms with van der Waals surface area (Å²) in [5, 5.41) is 17.3. The number of aromatic nitrogens is 1. The summed E-state index contributed by atoms with van der Waals surface area (Å²) in [7, 11) is 0. The van der Waals surface area contributed by atoms with E-state index in [4.69, 9.17) is 4.99 Å². The molecule has 4 rings (SSSR count). The van der Waals surface area contributed by atoms with Gasteiger partial charge in [0.25, 0.3) is 0 Å². The van der Waals surface area contributed by atoms with Crippen molar-refractivity contribution in [2.75, 3.05) is 31.1 Å². The quantitative estimate of drug-likeness (QED) is 0.393. The van der Waals surface area contributed by atoms with Gasteiger partial charge in [0.2, 0.25) is 0 Å². The molecular formula is C26H33N5O. The number of hydrogen-bond acceptors (Lipinski definition) is 4. The number of para-hydroxylation sites is 1. The molecule has 32 heavy (non-hydrogen) atoms. The number of benzene rings is 2. The molecule has 0 spiro atoms. The van der Waals surface area contributed by atoms with E-state index in [2.05, 4.69) is 63.8 Å². The van der Waals surface area contributed by atoms with Crippen molar-refractivity contribution < 1.29 is 5.11 Å². The van der Waals surface area contributed by atoms with E-state index >= 15 is 0 Å². The number of fused-ring (bicyclic) bond motifs is 1. The summed E-state index contributed by atoms with van der Waals surface area (Å²) in [5.41, 5.74) is 4.65. The molecule has 0 bridgehead atoms. The van der Waals surface area contributed by atoms with E-state index in [0.717, 1.165) is 49.3 Å². The Kier molecular flexibility index (Phi) is 7.56. The minimum absolute atomic E-state index is 0.310. The highest BCUT2D eigenvalue weighted by molar-refractivity contribution is 5.83. The Balaban J connectivity index is 1.36. The van der Waals surface area contributed by atoms with Gasteiger partial charge in [0, 0.05) is 50.1 Å². The zero-order valence-corrected chi connectivity index (χ0v) is 18.8. The van der Waals surface area contributed by atoms with Crippen molar-refractivity contribution >= 4 is 22.5 Å². The molecule has 3 aromatic rings. The van der Waals surface area contributed by atoms with E-state index < -0.39 is 0 Å². The molecular weight excluding hydrogens is 398 g/mol. The number of piperidine rings is 1.